The van der Waals surface area contributed by atoms with E-state index in [4.69, 9.17) is 4.74 Å². The molecule has 3 rings (SSSR count). The van der Waals surface area contributed by atoms with Crippen LogP contribution in [-0.4, -0.2) is 61.9 Å². The molecule has 10 heteroatoms. The monoisotopic (exact) mass is 425 g/mol. The molecular weight excluding hydrogens is 398 g/mol. The van der Waals surface area contributed by atoms with Crippen LogP contribution in [0.1, 0.15) is 25.7 Å². The van der Waals surface area contributed by atoms with Gasteiger partial charge in [0, 0.05) is 18.8 Å². The van der Waals surface area contributed by atoms with Crippen molar-refractivity contribution in [2.45, 2.75) is 30.8 Å². The number of hydrogen-bond acceptors (Lipinski definition) is 7. The zero-order valence-corrected chi connectivity index (χ0v) is 17.9. The summed E-state index contributed by atoms with van der Waals surface area (Å²) in [5.41, 5.74) is 0.890. The summed E-state index contributed by atoms with van der Waals surface area (Å²) < 4.78 is 33.2. The summed E-state index contributed by atoms with van der Waals surface area (Å²) in [6, 6.07) is 7.81. The number of aromatic nitrogens is 3. The predicted molar refractivity (Wildman–Crippen MR) is 112 cm³/mol. The molecule has 0 bridgehead atoms. The molecule has 0 amide bonds. The Bertz CT molecular complexity index is 879. The van der Waals surface area contributed by atoms with E-state index in [1.54, 1.807) is 7.11 Å². The molecule has 1 N–H and O–H groups in total. The molecule has 0 unspecified atom stereocenters. The molecule has 1 fully saturated rings. The van der Waals surface area contributed by atoms with Gasteiger partial charge in [0.2, 0.25) is 16.0 Å². The standard InChI is InChI=1S/C18H27N5O3S2/c1-19-28(24,25)14-8-13-27-18-21-20-17(22-11-6-3-7-12-22)23(18)15-9-4-5-10-16(15)26-2/h4-5,9-10,19H,3,6-8,11-14H2,1-2H3. The lowest BCUT2D eigenvalue weighted by Gasteiger charge is -2.28. The van der Waals surface area contributed by atoms with Gasteiger partial charge in [-0.15, -0.1) is 10.2 Å². The minimum atomic E-state index is -3.19. The zero-order valence-electron chi connectivity index (χ0n) is 16.3. The minimum Gasteiger partial charge on any atom is -0.495 e. The third-order valence-electron chi connectivity index (χ3n) is 4.68. The normalized spacial score (nSPS) is 15.0. The van der Waals surface area contributed by atoms with Gasteiger partial charge in [-0.25, -0.2) is 13.1 Å². The van der Waals surface area contributed by atoms with E-state index < -0.39 is 10.0 Å². The van der Waals surface area contributed by atoms with E-state index >= 15 is 0 Å². The average Bonchev–Trinajstić information content (AvgIpc) is 3.15. The summed E-state index contributed by atoms with van der Waals surface area (Å²) in [4.78, 5) is 2.26. The molecule has 0 saturated carbocycles. The Labute approximate surface area is 170 Å². The Kier molecular flexibility index (Phi) is 7.19. The van der Waals surface area contributed by atoms with Crippen molar-refractivity contribution in [2.24, 2.45) is 0 Å². The van der Waals surface area contributed by atoms with Crippen molar-refractivity contribution in [3.8, 4) is 11.4 Å². The van der Waals surface area contributed by atoms with Gasteiger partial charge in [-0.1, -0.05) is 23.9 Å². The molecule has 2 heterocycles. The number of nitrogens with one attached hydrogen (secondary N) is 1. The Morgan fingerprint density at radius 3 is 2.64 bits per heavy atom. The fraction of sp³-hybridized carbons (Fsp3) is 0.556. The average molecular weight is 426 g/mol. The van der Waals surface area contributed by atoms with Gasteiger partial charge >= 0.3 is 0 Å². The van der Waals surface area contributed by atoms with Crippen molar-refractivity contribution in [1.29, 1.82) is 0 Å². The van der Waals surface area contributed by atoms with Gasteiger partial charge in [0.25, 0.3) is 0 Å². The highest BCUT2D eigenvalue weighted by atomic mass is 32.2. The first kappa shape index (κ1) is 20.9. The van der Waals surface area contributed by atoms with E-state index in [2.05, 4.69) is 19.8 Å². The molecule has 0 aliphatic carbocycles. The maximum atomic E-state index is 11.6. The summed E-state index contributed by atoms with van der Waals surface area (Å²) in [7, 11) is -0.105. The van der Waals surface area contributed by atoms with Gasteiger partial charge in [0.05, 0.1) is 18.6 Å². The van der Waals surface area contributed by atoms with Crippen LogP contribution in [0.15, 0.2) is 29.4 Å². The molecule has 1 aromatic carbocycles. The smallest absolute Gasteiger partial charge is 0.232 e. The van der Waals surface area contributed by atoms with Crippen molar-refractivity contribution in [2.75, 3.05) is 43.7 Å². The number of methoxy groups -OCH3 is 1. The number of benzene rings is 1. The molecule has 0 radical (unpaired) electrons. The number of para-hydroxylation sites is 2. The van der Waals surface area contributed by atoms with Gasteiger partial charge in [0.1, 0.15) is 5.75 Å². The summed E-state index contributed by atoms with van der Waals surface area (Å²) in [5, 5.41) is 9.62. The summed E-state index contributed by atoms with van der Waals surface area (Å²) in [6.45, 7) is 1.91. The second-order valence-corrected chi connectivity index (χ2v) is 9.67. The molecule has 28 heavy (non-hydrogen) atoms. The Morgan fingerprint density at radius 2 is 1.93 bits per heavy atom. The first-order valence-corrected chi connectivity index (χ1v) is 12.1. The molecule has 0 spiro atoms. The molecule has 2 aromatic rings. The van der Waals surface area contributed by atoms with Crippen molar-refractivity contribution in [1.82, 2.24) is 19.5 Å². The fourth-order valence-corrected chi connectivity index (χ4v) is 4.98. The molecule has 1 aliphatic rings. The molecule has 1 aliphatic heterocycles. The van der Waals surface area contributed by atoms with Crippen LogP contribution in [0.5, 0.6) is 5.75 Å². The third-order valence-corrected chi connectivity index (χ3v) is 7.14. The molecule has 1 aromatic heterocycles. The predicted octanol–water partition coefficient (Wildman–Crippen LogP) is 2.30. The second-order valence-electron chi connectivity index (χ2n) is 6.56. The summed E-state index contributed by atoms with van der Waals surface area (Å²) >= 11 is 1.51. The Balaban J connectivity index is 1.86. The molecule has 1 saturated heterocycles. The number of piperidine rings is 1. The number of rotatable bonds is 9. The van der Waals surface area contributed by atoms with Crippen LogP contribution in [0.2, 0.25) is 0 Å². The van der Waals surface area contributed by atoms with Crippen LogP contribution < -0.4 is 14.4 Å². The highest BCUT2D eigenvalue weighted by Crippen LogP contribution is 2.32. The van der Waals surface area contributed by atoms with Crippen LogP contribution >= 0.6 is 11.8 Å². The largest absolute Gasteiger partial charge is 0.495 e. The van der Waals surface area contributed by atoms with Gasteiger partial charge in [-0.3, -0.25) is 4.57 Å². The molecule has 154 valence electrons. The maximum Gasteiger partial charge on any atom is 0.232 e. The van der Waals surface area contributed by atoms with E-state index in [0.717, 1.165) is 48.5 Å². The van der Waals surface area contributed by atoms with Gasteiger partial charge in [-0.2, -0.15) is 0 Å². The fourth-order valence-electron chi connectivity index (χ4n) is 3.19. The van der Waals surface area contributed by atoms with Crippen LogP contribution in [0.4, 0.5) is 5.95 Å². The first-order valence-electron chi connectivity index (χ1n) is 9.43. The Morgan fingerprint density at radius 1 is 1.18 bits per heavy atom. The number of hydrogen-bond donors (Lipinski definition) is 1. The SMILES string of the molecule is CNS(=O)(=O)CCCSc1nnc(N2CCCCC2)n1-c1ccccc1OC. The van der Waals surface area contributed by atoms with E-state index in [1.807, 2.05) is 28.8 Å². The van der Waals surface area contributed by atoms with Crippen LogP contribution in [0.25, 0.3) is 5.69 Å². The van der Waals surface area contributed by atoms with Crippen LogP contribution in [0.3, 0.4) is 0 Å². The number of nitrogens with zero attached hydrogens (tertiary/aromatic N) is 4. The highest BCUT2D eigenvalue weighted by Gasteiger charge is 2.23. The maximum absolute atomic E-state index is 11.6. The number of anilines is 1. The van der Waals surface area contributed by atoms with Gasteiger partial charge < -0.3 is 9.64 Å². The lowest BCUT2D eigenvalue weighted by atomic mass is 10.1. The van der Waals surface area contributed by atoms with Crippen LogP contribution in [-0.2, 0) is 10.0 Å². The lowest BCUT2D eigenvalue weighted by molar-refractivity contribution is 0.412. The second kappa shape index (κ2) is 9.62. The topological polar surface area (TPSA) is 89.4 Å². The van der Waals surface area contributed by atoms with E-state index in [1.165, 1.54) is 25.2 Å². The van der Waals surface area contributed by atoms with Crippen molar-refractivity contribution >= 4 is 27.7 Å². The van der Waals surface area contributed by atoms with E-state index in [-0.39, 0.29) is 5.75 Å². The zero-order chi connectivity index (χ0) is 20.0. The number of thioether (sulfide) groups is 1. The first-order chi connectivity index (χ1) is 13.6. The highest BCUT2D eigenvalue weighted by molar-refractivity contribution is 7.99. The van der Waals surface area contributed by atoms with E-state index in [0.29, 0.717) is 12.2 Å². The quantitative estimate of drug-likeness (QED) is 0.487. The summed E-state index contributed by atoms with van der Waals surface area (Å²) in [6.07, 6.45) is 4.05. The van der Waals surface area contributed by atoms with Gasteiger partial charge in [-0.05, 0) is 44.9 Å². The van der Waals surface area contributed by atoms with Crippen LogP contribution in [0, 0.1) is 0 Å². The van der Waals surface area contributed by atoms with Crippen molar-refractivity contribution in [3.05, 3.63) is 24.3 Å². The number of ether oxygens (including phenoxy) is 1. The number of sulfonamides is 1. The molecule has 8 nitrogen and oxygen atoms in total. The lowest BCUT2D eigenvalue weighted by Crippen LogP contribution is -2.31. The van der Waals surface area contributed by atoms with Crippen molar-refractivity contribution in [3.63, 3.8) is 0 Å². The van der Waals surface area contributed by atoms with E-state index in [9.17, 15) is 8.42 Å². The summed E-state index contributed by atoms with van der Waals surface area (Å²) in [5.74, 6) is 2.29. The Hall–Kier alpha value is -1.78. The molecule has 0 atom stereocenters. The van der Waals surface area contributed by atoms with Crippen molar-refractivity contribution < 1.29 is 13.2 Å². The molecular formula is C18H27N5O3S2. The van der Waals surface area contributed by atoms with Gasteiger partial charge in [0.15, 0.2) is 5.16 Å². The minimum absolute atomic E-state index is 0.0955. The third kappa shape index (κ3) is 4.98.